The molecule has 5 heterocycles. The number of hydrogen-bond acceptors (Lipinski definition) is 7. The van der Waals surface area contributed by atoms with Gasteiger partial charge in [0.1, 0.15) is 5.75 Å². The number of ether oxygens (including phenoxy) is 1. The van der Waals surface area contributed by atoms with E-state index >= 15 is 0 Å². The lowest BCUT2D eigenvalue weighted by molar-refractivity contribution is 0.112. The second-order valence-corrected chi connectivity index (χ2v) is 11.2. The Morgan fingerprint density at radius 2 is 1.72 bits per heavy atom. The first-order valence-corrected chi connectivity index (χ1v) is 13.8. The molecule has 1 N–H and O–H groups in total. The molecule has 2 unspecified atom stereocenters. The predicted molar refractivity (Wildman–Crippen MR) is 151 cm³/mol. The van der Waals surface area contributed by atoms with E-state index < -0.39 is 0 Å². The quantitative estimate of drug-likeness (QED) is 0.522. The zero-order valence-corrected chi connectivity index (χ0v) is 22.8. The van der Waals surface area contributed by atoms with Gasteiger partial charge < -0.3 is 23.9 Å². The standard InChI is InChI=1S/C30H37N5O4/c1-31-23(19-33-16-21-14-22(18-33)24-7-5-9-29(37)35(24)17-21)15-27(36)30(38)26(31)20-32-10-12-34(13-11-32)25-6-3-4-8-28(25)39-2/h3-9,15,21-22,38H,10-14,16-20H2,1-2H3. The third kappa shape index (κ3) is 4.96. The summed E-state index contributed by atoms with van der Waals surface area (Å²) in [6, 6.07) is 15.2. The van der Waals surface area contributed by atoms with E-state index in [1.54, 1.807) is 19.2 Å². The van der Waals surface area contributed by atoms with Crippen LogP contribution in [-0.2, 0) is 26.7 Å². The minimum absolute atomic E-state index is 0.0879. The Bertz CT molecular complexity index is 1470. The molecule has 6 rings (SSSR count). The lowest BCUT2D eigenvalue weighted by Crippen LogP contribution is -2.47. The van der Waals surface area contributed by atoms with Gasteiger partial charge in [-0.1, -0.05) is 18.2 Å². The molecule has 0 amide bonds. The van der Waals surface area contributed by atoms with Crippen LogP contribution in [0.4, 0.5) is 5.69 Å². The van der Waals surface area contributed by atoms with Crippen LogP contribution in [0.5, 0.6) is 11.5 Å². The Morgan fingerprint density at radius 3 is 2.51 bits per heavy atom. The van der Waals surface area contributed by atoms with E-state index in [1.165, 1.54) is 0 Å². The first-order chi connectivity index (χ1) is 18.9. The van der Waals surface area contributed by atoms with E-state index in [9.17, 15) is 14.7 Å². The van der Waals surface area contributed by atoms with Crippen molar-refractivity contribution in [3.05, 3.63) is 86.2 Å². The fraction of sp³-hybridized carbons (Fsp3) is 0.467. The highest BCUT2D eigenvalue weighted by atomic mass is 16.5. The fourth-order valence-electron chi connectivity index (χ4n) is 6.73. The van der Waals surface area contributed by atoms with Crippen LogP contribution in [0.3, 0.4) is 0 Å². The number of fused-ring (bicyclic) bond motifs is 4. The fourth-order valence-corrected chi connectivity index (χ4v) is 6.73. The van der Waals surface area contributed by atoms with Crippen molar-refractivity contribution < 1.29 is 9.84 Å². The molecule has 9 heteroatoms. The van der Waals surface area contributed by atoms with E-state index in [0.29, 0.717) is 30.6 Å². The van der Waals surface area contributed by atoms with Gasteiger partial charge in [-0.3, -0.25) is 19.4 Å². The summed E-state index contributed by atoms with van der Waals surface area (Å²) in [5, 5.41) is 10.8. The summed E-state index contributed by atoms with van der Waals surface area (Å²) in [5.74, 6) is 1.46. The summed E-state index contributed by atoms with van der Waals surface area (Å²) in [4.78, 5) is 32.2. The number of nitrogens with zero attached hydrogens (tertiary/aromatic N) is 5. The van der Waals surface area contributed by atoms with Crippen molar-refractivity contribution in [3.8, 4) is 11.5 Å². The van der Waals surface area contributed by atoms with Gasteiger partial charge in [0, 0.05) is 95.4 Å². The van der Waals surface area contributed by atoms with Crippen molar-refractivity contribution in [3.63, 3.8) is 0 Å². The highest BCUT2D eigenvalue weighted by Crippen LogP contribution is 2.35. The smallest absolute Gasteiger partial charge is 0.250 e. The van der Waals surface area contributed by atoms with Gasteiger partial charge >= 0.3 is 0 Å². The maximum absolute atomic E-state index is 12.8. The van der Waals surface area contributed by atoms with Gasteiger partial charge in [-0.05, 0) is 30.5 Å². The van der Waals surface area contributed by atoms with Crippen molar-refractivity contribution in [1.82, 2.24) is 18.9 Å². The number of pyridine rings is 2. The summed E-state index contributed by atoms with van der Waals surface area (Å²) >= 11 is 0. The number of likely N-dealkylation sites (tertiary alicyclic amines) is 1. The monoisotopic (exact) mass is 531 g/mol. The molecule has 206 valence electrons. The van der Waals surface area contributed by atoms with E-state index in [2.05, 4.69) is 26.8 Å². The molecule has 9 nitrogen and oxygen atoms in total. The summed E-state index contributed by atoms with van der Waals surface area (Å²) in [7, 11) is 3.65. The average Bonchev–Trinajstić information content (AvgIpc) is 2.95. The zero-order valence-electron chi connectivity index (χ0n) is 22.8. The lowest BCUT2D eigenvalue weighted by atomic mass is 9.83. The molecule has 3 aliphatic heterocycles. The summed E-state index contributed by atoms with van der Waals surface area (Å²) in [6.07, 6.45) is 1.10. The van der Waals surface area contributed by atoms with Gasteiger partial charge in [0.2, 0.25) is 5.43 Å². The van der Waals surface area contributed by atoms with Crippen LogP contribution in [0.15, 0.2) is 58.1 Å². The molecule has 2 atom stereocenters. The first-order valence-electron chi connectivity index (χ1n) is 13.8. The molecule has 2 bridgehead atoms. The maximum Gasteiger partial charge on any atom is 0.250 e. The summed E-state index contributed by atoms with van der Waals surface area (Å²) < 4.78 is 9.49. The molecule has 0 aliphatic carbocycles. The second kappa shape index (κ2) is 10.5. The molecular formula is C30H37N5O4. The number of rotatable bonds is 6. The SMILES string of the molecule is COc1ccccc1N1CCN(Cc2c(O)c(=O)cc(CN3CC4CC(C3)c3cccc(=O)n3C4)n2C)CC1. The van der Waals surface area contributed by atoms with E-state index in [4.69, 9.17) is 4.74 Å². The van der Waals surface area contributed by atoms with Crippen LogP contribution in [-0.4, -0.2) is 70.4 Å². The Hall–Kier alpha value is -3.56. The number of piperidine rings is 1. The summed E-state index contributed by atoms with van der Waals surface area (Å²) in [5.41, 5.74) is 3.56. The molecule has 2 fully saturated rings. The van der Waals surface area contributed by atoms with Gasteiger partial charge in [0.05, 0.1) is 18.5 Å². The highest BCUT2D eigenvalue weighted by Gasteiger charge is 2.34. The van der Waals surface area contributed by atoms with Gasteiger partial charge in [0.25, 0.3) is 5.56 Å². The minimum Gasteiger partial charge on any atom is -0.503 e. The highest BCUT2D eigenvalue weighted by molar-refractivity contribution is 5.58. The van der Waals surface area contributed by atoms with Crippen LogP contribution in [0.2, 0.25) is 0 Å². The molecule has 0 spiro atoms. The minimum atomic E-state index is -0.320. The largest absolute Gasteiger partial charge is 0.503 e. The van der Waals surface area contributed by atoms with Gasteiger partial charge in [-0.2, -0.15) is 0 Å². The Balaban J connectivity index is 1.16. The van der Waals surface area contributed by atoms with Crippen molar-refractivity contribution in [2.45, 2.75) is 32.0 Å². The lowest BCUT2D eigenvalue weighted by Gasteiger charge is -2.43. The third-order valence-corrected chi connectivity index (χ3v) is 8.75. The Morgan fingerprint density at radius 1 is 0.923 bits per heavy atom. The number of para-hydroxylation sites is 2. The third-order valence-electron chi connectivity index (χ3n) is 8.75. The molecule has 2 aromatic heterocycles. The van der Waals surface area contributed by atoms with Crippen LogP contribution in [0, 0.1) is 5.92 Å². The topological polar surface area (TPSA) is 83.2 Å². The number of hydrogen-bond donors (Lipinski definition) is 1. The van der Waals surface area contributed by atoms with Crippen LogP contribution in [0.1, 0.15) is 29.4 Å². The second-order valence-electron chi connectivity index (χ2n) is 11.2. The molecule has 2 saturated heterocycles. The number of anilines is 1. The van der Waals surface area contributed by atoms with Crippen LogP contribution < -0.4 is 20.6 Å². The summed E-state index contributed by atoms with van der Waals surface area (Å²) in [6.45, 7) is 7.00. The Labute approximate surface area is 228 Å². The molecule has 1 aromatic carbocycles. The van der Waals surface area contributed by atoms with Crippen LogP contribution in [0.25, 0.3) is 0 Å². The normalized spacial score (nSPS) is 21.5. The first kappa shape index (κ1) is 25.7. The van der Waals surface area contributed by atoms with E-state index in [1.807, 2.05) is 40.4 Å². The van der Waals surface area contributed by atoms with Gasteiger partial charge in [-0.15, -0.1) is 0 Å². The van der Waals surface area contributed by atoms with Crippen molar-refractivity contribution in [2.75, 3.05) is 51.3 Å². The molecule has 0 radical (unpaired) electrons. The van der Waals surface area contributed by atoms with Gasteiger partial charge in [-0.25, -0.2) is 0 Å². The van der Waals surface area contributed by atoms with Crippen molar-refractivity contribution in [1.29, 1.82) is 0 Å². The van der Waals surface area contributed by atoms with E-state index in [-0.39, 0.29) is 16.7 Å². The molecule has 3 aromatic rings. The number of aromatic hydroxyl groups is 1. The molecule has 39 heavy (non-hydrogen) atoms. The average molecular weight is 532 g/mol. The van der Waals surface area contributed by atoms with Crippen LogP contribution >= 0.6 is 0 Å². The van der Waals surface area contributed by atoms with Gasteiger partial charge in [0.15, 0.2) is 5.75 Å². The number of benzene rings is 1. The van der Waals surface area contributed by atoms with E-state index in [0.717, 1.165) is 75.1 Å². The number of methoxy groups -OCH3 is 1. The van der Waals surface area contributed by atoms with Crippen molar-refractivity contribution >= 4 is 5.69 Å². The molecular weight excluding hydrogens is 494 g/mol. The predicted octanol–water partition coefficient (Wildman–Crippen LogP) is 2.20. The number of piperazine rings is 1. The Kier molecular flexibility index (Phi) is 6.95. The maximum atomic E-state index is 12.8. The molecule has 0 saturated carbocycles. The number of aromatic nitrogens is 2. The zero-order chi connectivity index (χ0) is 27.1. The molecule has 3 aliphatic rings. The van der Waals surface area contributed by atoms with Crippen molar-refractivity contribution in [2.24, 2.45) is 13.0 Å².